The summed E-state index contributed by atoms with van der Waals surface area (Å²) in [6.45, 7) is 5.10. The molecule has 1 heterocycles. The molecule has 1 aromatic heterocycles. The van der Waals surface area contributed by atoms with Gasteiger partial charge >= 0.3 is 0 Å². The number of halogens is 1. The quantitative estimate of drug-likeness (QED) is 0.405. The van der Waals surface area contributed by atoms with Crippen molar-refractivity contribution >= 4 is 44.5 Å². The van der Waals surface area contributed by atoms with Crippen LogP contribution in [0.2, 0.25) is 0 Å². The van der Waals surface area contributed by atoms with Crippen LogP contribution in [0.4, 0.5) is 0 Å². The molecule has 2 aromatic rings. The maximum absolute atomic E-state index is 13.0. The van der Waals surface area contributed by atoms with Gasteiger partial charge in [0, 0.05) is 24.1 Å². The van der Waals surface area contributed by atoms with Gasteiger partial charge in [-0.1, -0.05) is 41.5 Å². The van der Waals surface area contributed by atoms with Gasteiger partial charge in [-0.2, -0.15) is 10.5 Å². The van der Waals surface area contributed by atoms with Gasteiger partial charge in [0.05, 0.1) is 41.6 Å². The third-order valence-corrected chi connectivity index (χ3v) is 5.55. The lowest BCUT2D eigenvalue weighted by Gasteiger charge is -2.20. The number of fused-ring (bicyclic) bond motifs is 1. The van der Waals surface area contributed by atoms with Gasteiger partial charge in [0.2, 0.25) is 5.91 Å². The van der Waals surface area contributed by atoms with E-state index in [2.05, 4.69) is 20.9 Å². The molecule has 0 bridgehead atoms. The number of nitrogens with zero attached hydrogens (tertiary/aromatic N) is 5. The van der Waals surface area contributed by atoms with Gasteiger partial charge < -0.3 is 4.90 Å². The van der Waals surface area contributed by atoms with Gasteiger partial charge in [-0.05, 0) is 24.1 Å². The Hall–Kier alpha value is -2.36. The highest BCUT2D eigenvalue weighted by molar-refractivity contribution is 9.10. The number of rotatable bonds is 9. The lowest BCUT2D eigenvalue weighted by molar-refractivity contribution is -0.128. The summed E-state index contributed by atoms with van der Waals surface area (Å²) in [6.07, 6.45) is 0.423. The number of aromatic nitrogens is 2. The number of carbonyl (C=O) groups excluding carboxylic acids is 1. The molecule has 1 aromatic carbocycles. The number of hydrogen-bond donors (Lipinski definition) is 0. The SMILES string of the molecule is CC(C)Cn1c(SCC(=O)N(CCC#N)CCC#N)nc2ccc(Br)cc2c1=O. The Morgan fingerprint density at radius 3 is 2.52 bits per heavy atom. The third-order valence-electron chi connectivity index (χ3n) is 4.09. The van der Waals surface area contributed by atoms with E-state index < -0.39 is 0 Å². The fraction of sp³-hybridized carbons (Fsp3) is 0.450. The maximum Gasteiger partial charge on any atom is 0.262 e. The Morgan fingerprint density at radius 2 is 1.93 bits per heavy atom. The smallest absolute Gasteiger partial charge is 0.262 e. The zero-order valence-corrected chi connectivity index (χ0v) is 18.8. The fourth-order valence-electron chi connectivity index (χ4n) is 2.76. The second-order valence-electron chi connectivity index (χ2n) is 6.85. The molecule has 152 valence electrons. The van der Waals surface area contributed by atoms with Gasteiger partial charge in [-0.15, -0.1) is 0 Å². The third kappa shape index (κ3) is 6.31. The van der Waals surface area contributed by atoms with Crippen LogP contribution < -0.4 is 5.56 Å². The van der Waals surface area contributed by atoms with Crippen molar-refractivity contribution in [3.8, 4) is 12.1 Å². The molecule has 7 nitrogen and oxygen atoms in total. The molecule has 0 saturated carbocycles. The van der Waals surface area contributed by atoms with Crippen molar-refractivity contribution < 1.29 is 4.79 Å². The van der Waals surface area contributed by atoms with Crippen LogP contribution in [0.1, 0.15) is 26.7 Å². The zero-order chi connectivity index (χ0) is 21.4. The average Bonchev–Trinajstić information content (AvgIpc) is 2.69. The molecule has 0 aliphatic carbocycles. The summed E-state index contributed by atoms with van der Waals surface area (Å²) in [4.78, 5) is 31.8. The van der Waals surface area contributed by atoms with Crippen LogP contribution in [0, 0.1) is 28.6 Å². The van der Waals surface area contributed by atoms with E-state index in [9.17, 15) is 9.59 Å². The number of nitriles is 2. The van der Waals surface area contributed by atoms with E-state index in [1.165, 1.54) is 16.7 Å². The Labute approximate surface area is 182 Å². The molecule has 2 rings (SSSR count). The largest absolute Gasteiger partial charge is 0.340 e. The summed E-state index contributed by atoms with van der Waals surface area (Å²) in [5.74, 6) is 0.141. The van der Waals surface area contributed by atoms with Crippen LogP contribution in [0.25, 0.3) is 10.9 Å². The molecule has 9 heteroatoms. The Balaban J connectivity index is 2.30. The topological polar surface area (TPSA) is 103 Å². The van der Waals surface area contributed by atoms with Crippen molar-refractivity contribution in [3.63, 3.8) is 0 Å². The van der Waals surface area contributed by atoms with E-state index in [1.54, 1.807) is 16.7 Å². The number of carbonyl (C=O) groups is 1. The van der Waals surface area contributed by atoms with E-state index >= 15 is 0 Å². The Bertz CT molecular complexity index is 1000. The molecule has 0 fully saturated rings. The van der Waals surface area contributed by atoms with E-state index in [1.807, 2.05) is 32.1 Å². The molecule has 1 amide bonds. The van der Waals surface area contributed by atoms with Crippen molar-refractivity contribution in [1.29, 1.82) is 10.5 Å². The molecule has 0 N–H and O–H groups in total. The molecule has 0 aliphatic heterocycles. The van der Waals surface area contributed by atoms with E-state index in [-0.39, 0.29) is 49.1 Å². The summed E-state index contributed by atoms with van der Waals surface area (Å²) in [7, 11) is 0. The first-order chi connectivity index (χ1) is 13.9. The summed E-state index contributed by atoms with van der Waals surface area (Å²) in [5, 5.41) is 18.6. The second-order valence-corrected chi connectivity index (χ2v) is 8.71. The Kier molecular flexibility index (Phi) is 8.69. The van der Waals surface area contributed by atoms with Crippen LogP contribution in [0.5, 0.6) is 0 Å². The number of thioether (sulfide) groups is 1. The predicted molar refractivity (Wildman–Crippen MR) is 116 cm³/mol. The van der Waals surface area contributed by atoms with Gasteiger partial charge in [-0.3, -0.25) is 14.2 Å². The maximum atomic E-state index is 13.0. The minimum absolute atomic E-state index is 0.0867. The zero-order valence-electron chi connectivity index (χ0n) is 16.4. The van der Waals surface area contributed by atoms with Crippen LogP contribution >= 0.6 is 27.7 Å². The monoisotopic (exact) mass is 475 g/mol. The van der Waals surface area contributed by atoms with E-state index in [4.69, 9.17) is 10.5 Å². The molecule has 0 unspecified atom stereocenters. The van der Waals surface area contributed by atoms with Gasteiger partial charge in [0.15, 0.2) is 5.16 Å². The highest BCUT2D eigenvalue weighted by atomic mass is 79.9. The fourth-order valence-corrected chi connectivity index (χ4v) is 4.03. The van der Waals surface area contributed by atoms with Gasteiger partial charge in [0.25, 0.3) is 5.56 Å². The normalized spacial score (nSPS) is 10.7. The Morgan fingerprint density at radius 1 is 1.28 bits per heavy atom. The first kappa shape index (κ1) is 22.9. The summed E-state index contributed by atoms with van der Waals surface area (Å²) >= 11 is 4.60. The highest BCUT2D eigenvalue weighted by Gasteiger charge is 2.17. The van der Waals surface area contributed by atoms with Crippen LogP contribution in [-0.4, -0.2) is 39.2 Å². The highest BCUT2D eigenvalue weighted by Crippen LogP contribution is 2.22. The minimum atomic E-state index is -0.179. The number of amides is 1. The number of benzene rings is 1. The van der Waals surface area contributed by atoms with Crippen LogP contribution in [0.3, 0.4) is 0 Å². The summed E-state index contributed by atoms with van der Waals surface area (Å²) in [5.41, 5.74) is 0.449. The summed E-state index contributed by atoms with van der Waals surface area (Å²) < 4.78 is 2.42. The van der Waals surface area contributed by atoms with E-state index in [0.29, 0.717) is 22.6 Å². The molecule has 0 atom stereocenters. The summed E-state index contributed by atoms with van der Waals surface area (Å²) in [6, 6.07) is 9.40. The minimum Gasteiger partial charge on any atom is -0.340 e. The van der Waals surface area contributed by atoms with Crippen LogP contribution in [-0.2, 0) is 11.3 Å². The van der Waals surface area contributed by atoms with Crippen molar-refractivity contribution in [3.05, 3.63) is 33.0 Å². The van der Waals surface area contributed by atoms with Crippen molar-refractivity contribution in [2.45, 2.75) is 38.4 Å². The first-order valence-electron chi connectivity index (χ1n) is 9.22. The molecule has 29 heavy (non-hydrogen) atoms. The predicted octanol–water partition coefficient (Wildman–Crippen LogP) is 3.56. The standard InChI is InChI=1S/C20H22BrN5O2S/c1-14(2)12-26-19(28)16-11-15(21)5-6-17(16)24-20(26)29-13-18(27)25(9-3-7-22)10-4-8-23/h5-6,11,14H,3-4,9-10,12-13H2,1-2H3. The average molecular weight is 476 g/mol. The van der Waals surface area contributed by atoms with E-state index in [0.717, 1.165) is 4.47 Å². The number of hydrogen-bond acceptors (Lipinski definition) is 6. The second kappa shape index (κ2) is 11.0. The van der Waals surface area contributed by atoms with Crippen LogP contribution in [0.15, 0.2) is 32.6 Å². The van der Waals surface area contributed by atoms with Crippen molar-refractivity contribution in [1.82, 2.24) is 14.5 Å². The van der Waals surface area contributed by atoms with Crippen molar-refractivity contribution in [2.75, 3.05) is 18.8 Å². The van der Waals surface area contributed by atoms with Crippen molar-refractivity contribution in [2.24, 2.45) is 5.92 Å². The van der Waals surface area contributed by atoms with Gasteiger partial charge in [0.1, 0.15) is 0 Å². The van der Waals surface area contributed by atoms with Gasteiger partial charge in [-0.25, -0.2) is 4.98 Å². The molecular weight excluding hydrogens is 454 g/mol. The molecule has 0 saturated heterocycles. The lowest BCUT2D eigenvalue weighted by Crippen LogP contribution is -2.34. The lowest BCUT2D eigenvalue weighted by atomic mass is 10.2. The molecule has 0 radical (unpaired) electrons. The first-order valence-corrected chi connectivity index (χ1v) is 11.0. The molecule has 0 spiro atoms. The molecule has 0 aliphatic rings. The molecular formula is C20H22BrN5O2S.